The third-order valence-corrected chi connectivity index (χ3v) is 2.85. The van der Waals surface area contributed by atoms with E-state index in [4.69, 9.17) is 10.9 Å². The Bertz CT molecular complexity index is 373. The van der Waals surface area contributed by atoms with E-state index in [1.807, 2.05) is 18.4 Å². The lowest BCUT2D eigenvalue weighted by atomic mass is 10.2. The van der Waals surface area contributed by atoms with Gasteiger partial charge in [-0.3, -0.25) is 4.79 Å². The summed E-state index contributed by atoms with van der Waals surface area (Å²) >= 11 is 1.39. The molecule has 0 bridgehead atoms. The van der Waals surface area contributed by atoms with E-state index < -0.39 is 0 Å². The Balaban J connectivity index is 2.61. The molecule has 4 N–H and O–H groups in total. The molecule has 82 valence electrons. The van der Waals surface area contributed by atoms with Gasteiger partial charge in [0.1, 0.15) is 0 Å². The predicted molar refractivity (Wildman–Crippen MR) is 59.4 cm³/mol. The molecule has 0 fully saturated rings. The van der Waals surface area contributed by atoms with E-state index in [1.165, 1.54) is 11.3 Å². The van der Waals surface area contributed by atoms with Crippen LogP contribution in [-0.4, -0.2) is 23.5 Å². The Morgan fingerprint density at radius 2 is 2.47 bits per heavy atom. The molecule has 15 heavy (non-hydrogen) atoms. The van der Waals surface area contributed by atoms with Gasteiger partial charge in [0.25, 0.3) is 5.91 Å². The van der Waals surface area contributed by atoms with E-state index in [-0.39, 0.29) is 18.3 Å². The van der Waals surface area contributed by atoms with Crippen LogP contribution >= 0.6 is 11.3 Å². The highest BCUT2D eigenvalue weighted by molar-refractivity contribution is 7.12. The van der Waals surface area contributed by atoms with E-state index >= 15 is 0 Å². The molecule has 1 aromatic heterocycles. The number of nitrogens with zero attached hydrogens (tertiary/aromatic N) is 1. The number of thiophene rings is 1. The highest BCUT2D eigenvalue weighted by Crippen LogP contribution is 2.16. The molecule has 0 spiro atoms. The van der Waals surface area contributed by atoms with Gasteiger partial charge >= 0.3 is 0 Å². The summed E-state index contributed by atoms with van der Waals surface area (Å²) in [5.74, 6) is -0.202. The standard InChI is InChI=1S/C9H13N3O2S/c1-2-6-3-4-15-8(6)9(13)11-5-7(10)12-14/h3-4,14H,2,5H2,1H3,(H2,10,12)(H,11,13). The Kier molecular flexibility index (Phi) is 4.11. The van der Waals surface area contributed by atoms with Gasteiger partial charge in [0, 0.05) is 0 Å². The van der Waals surface area contributed by atoms with Crippen molar-refractivity contribution in [3.05, 3.63) is 21.9 Å². The van der Waals surface area contributed by atoms with E-state index in [9.17, 15) is 4.79 Å². The normalized spacial score (nSPS) is 11.4. The first-order valence-electron chi connectivity index (χ1n) is 4.50. The Morgan fingerprint density at radius 1 is 1.73 bits per heavy atom. The third-order valence-electron chi connectivity index (χ3n) is 1.89. The monoisotopic (exact) mass is 227 g/mol. The van der Waals surface area contributed by atoms with Crippen LogP contribution < -0.4 is 11.1 Å². The Labute approximate surface area is 91.6 Å². The maximum absolute atomic E-state index is 11.6. The number of amides is 1. The lowest BCUT2D eigenvalue weighted by Crippen LogP contribution is -2.33. The molecule has 0 aliphatic heterocycles. The van der Waals surface area contributed by atoms with Crippen LogP contribution in [0, 0.1) is 0 Å². The number of rotatable bonds is 4. The summed E-state index contributed by atoms with van der Waals surface area (Å²) in [5, 5.41) is 15.5. The molecule has 1 amide bonds. The molecule has 0 saturated heterocycles. The zero-order valence-electron chi connectivity index (χ0n) is 8.36. The first-order chi connectivity index (χ1) is 7.19. The van der Waals surface area contributed by atoms with E-state index in [0.717, 1.165) is 12.0 Å². The SMILES string of the molecule is CCc1ccsc1C(=O)NCC(N)=NO. The summed E-state index contributed by atoms with van der Waals surface area (Å²) in [5.41, 5.74) is 6.24. The summed E-state index contributed by atoms with van der Waals surface area (Å²) in [6, 6.07) is 1.92. The molecular formula is C9H13N3O2S. The van der Waals surface area contributed by atoms with Crippen molar-refractivity contribution in [1.82, 2.24) is 5.32 Å². The number of aryl methyl sites for hydroxylation is 1. The van der Waals surface area contributed by atoms with Gasteiger partial charge in [-0.15, -0.1) is 11.3 Å². The zero-order chi connectivity index (χ0) is 11.3. The minimum atomic E-state index is -0.187. The fraction of sp³-hybridized carbons (Fsp3) is 0.333. The number of carbonyl (C=O) groups is 1. The summed E-state index contributed by atoms with van der Waals surface area (Å²) in [7, 11) is 0. The van der Waals surface area contributed by atoms with Gasteiger partial charge in [-0.1, -0.05) is 12.1 Å². The highest BCUT2D eigenvalue weighted by atomic mass is 32.1. The molecule has 0 radical (unpaired) electrons. The average Bonchev–Trinajstić information content (AvgIpc) is 2.73. The molecule has 0 aliphatic carbocycles. The van der Waals surface area contributed by atoms with Crippen LogP contribution in [0.4, 0.5) is 0 Å². The first-order valence-corrected chi connectivity index (χ1v) is 5.38. The first kappa shape index (κ1) is 11.5. The largest absolute Gasteiger partial charge is 0.409 e. The summed E-state index contributed by atoms with van der Waals surface area (Å²) in [6.45, 7) is 2.04. The fourth-order valence-corrected chi connectivity index (χ4v) is 2.01. The van der Waals surface area contributed by atoms with Gasteiger partial charge in [0.05, 0.1) is 11.4 Å². The van der Waals surface area contributed by atoms with E-state index in [2.05, 4.69) is 10.5 Å². The molecule has 1 aromatic rings. The van der Waals surface area contributed by atoms with Gasteiger partial charge in [-0.25, -0.2) is 0 Å². The van der Waals surface area contributed by atoms with Crippen molar-refractivity contribution in [2.75, 3.05) is 6.54 Å². The molecule has 1 heterocycles. The molecule has 0 unspecified atom stereocenters. The van der Waals surface area contributed by atoms with Crippen molar-refractivity contribution in [2.24, 2.45) is 10.9 Å². The molecular weight excluding hydrogens is 214 g/mol. The highest BCUT2D eigenvalue weighted by Gasteiger charge is 2.11. The lowest BCUT2D eigenvalue weighted by molar-refractivity contribution is 0.0962. The second kappa shape index (κ2) is 5.35. The summed E-state index contributed by atoms with van der Waals surface area (Å²) < 4.78 is 0. The van der Waals surface area contributed by atoms with Crippen molar-refractivity contribution in [3.63, 3.8) is 0 Å². The number of carbonyl (C=O) groups excluding carboxylic acids is 1. The number of hydrogen-bond donors (Lipinski definition) is 3. The minimum Gasteiger partial charge on any atom is -0.409 e. The lowest BCUT2D eigenvalue weighted by Gasteiger charge is -2.03. The number of nitrogens with two attached hydrogens (primary N) is 1. The number of amidine groups is 1. The van der Waals surface area contributed by atoms with Crippen LogP contribution in [0.1, 0.15) is 22.2 Å². The average molecular weight is 227 g/mol. The maximum atomic E-state index is 11.6. The fourth-order valence-electron chi connectivity index (χ4n) is 1.10. The van der Waals surface area contributed by atoms with E-state index in [0.29, 0.717) is 4.88 Å². The molecule has 0 atom stereocenters. The molecule has 0 aromatic carbocycles. The Hall–Kier alpha value is -1.56. The number of hydrogen-bond acceptors (Lipinski definition) is 4. The Morgan fingerprint density at radius 3 is 3.07 bits per heavy atom. The minimum absolute atomic E-state index is 0.0158. The molecule has 0 saturated carbocycles. The van der Waals surface area contributed by atoms with Crippen LogP contribution in [0.5, 0.6) is 0 Å². The predicted octanol–water partition coefficient (Wildman–Crippen LogP) is 0.787. The second-order valence-electron chi connectivity index (χ2n) is 2.90. The molecule has 1 rings (SSSR count). The van der Waals surface area contributed by atoms with Crippen molar-refractivity contribution >= 4 is 23.1 Å². The maximum Gasteiger partial charge on any atom is 0.262 e. The van der Waals surface area contributed by atoms with Crippen molar-refractivity contribution in [2.45, 2.75) is 13.3 Å². The quantitative estimate of drug-likeness (QED) is 0.307. The molecule has 5 nitrogen and oxygen atoms in total. The van der Waals surface area contributed by atoms with Gasteiger partial charge in [0.15, 0.2) is 5.84 Å². The molecule has 0 aliphatic rings. The number of nitrogens with one attached hydrogen (secondary N) is 1. The van der Waals surface area contributed by atoms with Crippen molar-refractivity contribution in [1.29, 1.82) is 0 Å². The van der Waals surface area contributed by atoms with Gasteiger partial charge in [-0.05, 0) is 23.4 Å². The van der Waals surface area contributed by atoms with Gasteiger partial charge < -0.3 is 16.3 Å². The third kappa shape index (κ3) is 2.95. The second-order valence-corrected chi connectivity index (χ2v) is 3.82. The van der Waals surface area contributed by atoms with Crippen LogP contribution in [0.25, 0.3) is 0 Å². The summed E-state index contributed by atoms with van der Waals surface area (Å²) in [4.78, 5) is 12.3. The van der Waals surface area contributed by atoms with Gasteiger partial charge in [0.2, 0.25) is 0 Å². The van der Waals surface area contributed by atoms with Crippen LogP contribution in [0.15, 0.2) is 16.6 Å². The topological polar surface area (TPSA) is 87.7 Å². The smallest absolute Gasteiger partial charge is 0.262 e. The van der Waals surface area contributed by atoms with Gasteiger partial charge in [-0.2, -0.15) is 0 Å². The van der Waals surface area contributed by atoms with Crippen molar-refractivity contribution in [3.8, 4) is 0 Å². The van der Waals surface area contributed by atoms with Crippen LogP contribution in [0.2, 0.25) is 0 Å². The van der Waals surface area contributed by atoms with Crippen LogP contribution in [-0.2, 0) is 6.42 Å². The number of oxime groups is 1. The van der Waals surface area contributed by atoms with E-state index in [1.54, 1.807) is 0 Å². The molecule has 6 heteroatoms. The summed E-state index contributed by atoms with van der Waals surface area (Å²) in [6.07, 6.45) is 0.815. The zero-order valence-corrected chi connectivity index (χ0v) is 9.17. The van der Waals surface area contributed by atoms with Crippen molar-refractivity contribution < 1.29 is 10.0 Å². The van der Waals surface area contributed by atoms with Crippen LogP contribution in [0.3, 0.4) is 0 Å².